The number of nitrogen functional groups attached to an aromatic ring is 1. The van der Waals surface area contributed by atoms with Crippen molar-refractivity contribution in [3.05, 3.63) is 51.3 Å². The van der Waals surface area contributed by atoms with Crippen LogP contribution >= 0.6 is 0 Å². The van der Waals surface area contributed by atoms with E-state index in [1.165, 1.54) is 0 Å². The minimum absolute atomic E-state index is 0.0501. The van der Waals surface area contributed by atoms with E-state index in [-0.39, 0.29) is 29.1 Å². The molecule has 0 saturated heterocycles. The minimum Gasteiger partial charge on any atom is -0.396 e. The summed E-state index contributed by atoms with van der Waals surface area (Å²) in [5.74, 6) is -0.0501. The number of hydrogen-bond donors (Lipinski definition) is 3. The fourth-order valence-corrected chi connectivity index (χ4v) is 2.25. The van der Waals surface area contributed by atoms with Crippen molar-refractivity contribution >= 4 is 5.82 Å². The largest absolute Gasteiger partial charge is 0.396 e. The third-order valence-electron chi connectivity index (χ3n) is 3.33. The van der Waals surface area contributed by atoms with Crippen LogP contribution in [0.4, 0.5) is 5.82 Å². The van der Waals surface area contributed by atoms with Crippen molar-refractivity contribution < 1.29 is 5.11 Å². The number of H-pyrrole nitrogens is 1. The quantitative estimate of drug-likeness (QED) is 0.783. The lowest BCUT2D eigenvalue weighted by atomic mass is 9.95. The number of aromatic amines is 1. The van der Waals surface area contributed by atoms with E-state index >= 15 is 0 Å². The second-order valence-electron chi connectivity index (χ2n) is 4.74. The maximum atomic E-state index is 11.8. The van der Waals surface area contributed by atoms with Crippen molar-refractivity contribution in [2.75, 3.05) is 12.3 Å². The van der Waals surface area contributed by atoms with Crippen LogP contribution in [0.3, 0.4) is 0 Å². The molecule has 0 aliphatic carbocycles. The van der Waals surface area contributed by atoms with E-state index in [9.17, 15) is 15.3 Å². The third kappa shape index (κ3) is 2.83. The molecule has 4 N–H and O–H groups in total. The van der Waals surface area contributed by atoms with Crippen molar-refractivity contribution in [3.8, 4) is 23.3 Å². The fraction of sp³-hybridized carbons (Fsp3) is 0.188. The predicted octanol–water partition coefficient (Wildman–Crippen LogP) is 1.29. The second-order valence-corrected chi connectivity index (χ2v) is 4.74. The van der Waals surface area contributed by atoms with Crippen LogP contribution in [0.15, 0.2) is 29.1 Å². The van der Waals surface area contributed by atoms with Gasteiger partial charge in [0, 0.05) is 12.2 Å². The number of nitrogens with two attached hydrogens (primary N) is 1. The number of aryl methyl sites for hydroxylation is 1. The van der Waals surface area contributed by atoms with Crippen molar-refractivity contribution in [2.24, 2.45) is 0 Å². The Morgan fingerprint density at radius 2 is 1.77 bits per heavy atom. The molecule has 6 heteroatoms. The Labute approximate surface area is 127 Å². The molecule has 0 fully saturated rings. The summed E-state index contributed by atoms with van der Waals surface area (Å²) in [6, 6.07) is 10.9. The molecule has 0 aliphatic rings. The summed E-state index contributed by atoms with van der Waals surface area (Å²) in [6.45, 7) is 0.115. The normalized spacial score (nSPS) is 9.95. The Bertz CT molecular complexity index is 823. The first-order valence-electron chi connectivity index (χ1n) is 6.68. The molecule has 0 atom stereocenters. The summed E-state index contributed by atoms with van der Waals surface area (Å²) in [5, 5.41) is 27.3. The monoisotopic (exact) mass is 294 g/mol. The number of anilines is 1. The number of nitrogens with one attached hydrogen (secondary N) is 1. The van der Waals surface area contributed by atoms with Gasteiger partial charge < -0.3 is 15.8 Å². The number of rotatable bonds is 4. The molecule has 0 amide bonds. The van der Waals surface area contributed by atoms with Gasteiger partial charge >= 0.3 is 0 Å². The molecule has 0 unspecified atom stereocenters. The Morgan fingerprint density at radius 1 is 1.14 bits per heavy atom. The summed E-state index contributed by atoms with van der Waals surface area (Å²) < 4.78 is 0. The average Bonchev–Trinajstić information content (AvgIpc) is 2.53. The molecule has 2 aromatic rings. The molecule has 0 saturated carbocycles. The van der Waals surface area contributed by atoms with Crippen LogP contribution in [0.2, 0.25) is 0 Å². The Balaban J connectivity index is 2.60. The molecule has 2 rings (SSSR count). The van der Waals surface area contributed by atoms with Gasteiger partial charge in [-0.25, -0.2) is 0 Å². The van der Waals surface area contributed by atoms with E-state index in [2.05, 4.69) is 4.98 Å². The van der Waals surface area contributed by atoms with Crippen molar-refractivity contribution in [1.82, 2.24) is 4.98 Å². The van der Waals surface area contributed by atoms with Gasteiger partial charge in [0.25, 0.3) is 5.56 Å². The van der Waals surface area contributed by atoms with Gasteiger partial charge in [0.1, 0.15) is 29.1 Å². The first-order chi connectivity index (χ1) is 10.6. The lowest BCUT2D eigenvalue weighted by Gasteiger charge is -2.09. The molecule has 1 aromatic heterocycles. The number of pyridine rings is 1. The van der Waals surface area contributed by atoms with Crippen molar-refractivity contribution in [1.29, 1.82) is 10.5 Å². The Morgan fingerprint density at radius 3 is 2.32 bits per heavy atom. The molecular weight excluding hydrogens is 280 g/mol. The van der Waals surface area contributed by atoms with Crippen LogP contribution in [0.1, 0.15) is 23.1 Å². The van der Waals surface area contributed by atoms with E-state index in [4.69, 9.17) is 10.8 Å². The fourth-order valence-electron chi connectivity index (χ4n) is 2.25. The van der Waals surface area contributed by atoms with Gasteiger partial charge in [-0.05, 0) is 24.0 Å². The van der Waals surface area contributed by atoms with E-state index < -0.39 is 5.56 Å². The molecule has 110 valence electrons. The number of aliphatic hydroxyl groups is 1. The molecule has 0 spiro atoms. The van der Waals surface area contributed by atoms with Crippen LogP contribution in [0.5, 0.6) is 0 Å². The number of nitrogens with zero attached hydrogens (tertiary/aromatic N) is 2. The summed E-state index contributed by atoms with van der Waals surface area (Å²) in [4.78, 5) is 14.2. The number of benzene rings is 1. The highest BCUT2D eigenvalue weighted by Gasteiger charge is 2.17. The molecule has 1 heterocycles. The molecule has 1 aromatic carbocycles. The van der Waals surface area contributed by atoms with Crippen molar-refractivity contribution in [3.63, 3.8) is 0 Å². The number of nitriles is 2. The van der Waals surface area contributed by atoms with Crippen molar-refractivity contribution in [2.45, 2.75) is 12.8 Å². The first kappa shape index (κ1) is 15.3. The highest BCUT2D eigenvalue weighted by Crippen LogP contribution is 2.28. The number of aliphatic hydroxyl groups excluding tert-OH is 1. The summed E-state index contributed by atoms with van der Waals surface area (Å²) >= 11 is 0. The van der Waals surface area contributed by atoms with Gasteiger partial charge in [-0.1, -0.05) is 24.3 Å². The Kier molecular flexibility index (Phi) is 4.57. The average molecular weight is 294 g/mol. The lowest BCUT2D eigenvalue weighted by molar-refractivity contribution is 0.288. The minimum atomic E-state index is -0.613. The van der Waals surface area contributed by atoms with Gasteiger partial charge in [-0.3, -0.25) is 4.79 Å². The molecule has 6 nitrogen and oxygen atoms in total. The smallest absolute Gasteiger partial charge is 0.268 e. The highest BCUT2D eigenvalue weighted by molar-refractivity contribution is 5.80. The first-order valence-corrected chi connectivity index (χ1v) is 6.68. The second kappa shape index (κ2) is 6.57. The van der Waals surface area contributed by atoms with E-state index in [1.54, 1.807) is 12.1 Å². The lowest BCUT2D eigenvalue weighted by Crippen LogP contribution is -2.16. The predicted molar refractivity (Wildman–Crippen MR) is 81.7 cm³/mol. The van der Waals surface area contributed by atoms with E-state index in [0.717, 1.165) is 12.0 Å². The third-order valence-corrected chi connectivity index (χ3v) is 3.33. The van der Waals surface area contributed by atoms with Crippen LogP contribution in [-0.2, 0) is 6.42 Å². The van der Waals surface area contributed by atoms with Gasteiger partial charge in [0.2, 0.25) is 0 Å². The maximum Gasteiger partial charge on any atom is 0.268 e. The maximum absolute atomic E-state index is 11.8. The SMILES string of the molecule is N#Cc1c(N)[nH]c(=O)c(C#N)c1-c1ccc(CCCO)cc1. The molecular formula is C16H14N4O2. The van der Waals surface area contributed by atoms with Crippen LogP contribution in [0.25, 0.3) is 11.1 Å². The van der Waals surface area contributed by atoms with Gasteiger partial charge in [-0.2, -0.15) is 10.5 Å². The highest BCUT2D eigenvalue weighted by atomic mass is 16.2. The molecule has 0 bridgehead atoms. The van der Waals surface area contributed by atoms with Crippen LogP contribution in [-0.4, -0.2) is 16.7 Å². The molecule has 22 heavy (non-hydrogen) atoms. The van der Waals surface area contributed by atoms with Gasteiger partial charge in [0.15, 0.2) is 0 Å². The summed E-state index contributed by atoms with van der Waals surface area (Å²) in [5.41, 5.74) is 6.87. The van der Waals surface area contributed by atoms with Crippen LogP contribution < -0.4 is 11.3 Å². The standard InChI is InChI=1S/C16H14N4O2/c17-8-12-14(13(9-18)16(22)20-15(12)19)11-5-3-10(4-6-11)2-1-7-21/h3-6,21H,1-2,7H2,(H3,19,20,22). The van der Waals surface area contributed by atoms with E-state index in [1.807, 2.05) is 24.3 Å². The topological polar surface area (TPSA) is 127 Å². The summed E-state index contributed by atoms with van der Waals surface area (Å²) in [6.07, 6.45) is 1.38. The van der Waals surface area contributed by atoms with Gasteiger partial charge in [-0.15, -0.1) is 0 Å². The van der Waals surface area contributed by atoms with E-state index in [0.29, 0.717) is 12.0 Å². The number of hydrogen-bond acceptors (Lipinski definition) is 5. The zero-order valence-electron chi connectivity index (χ0n) is 11.8. The zero-order valence-corrected chi connectivity index (χ0v) is 11.8. The summed E-state index contributed by atoms with van der Waals surface area (Å²) in [7, 11) is 0. The number of aromatic nitrogens is 1. The zero-order chi connectivity index (χ0) is 16.1. The van der Waals surface area contributed by atoms with Gasteiger partial charge in [0.05, 0.1) is 0 Å². The van der Waals surface area contributed by atoms with Crippen LogP contribution in [0, 0.1) is 22.7 Å². The molecule has 0 radical (unpaired) electrons. The molecule has 0 aliphatic heterocycles. The Hall–Kier alpha value is -3.09.